The van der Waals surface area contributed by atoms with Crippen molar-refractivity contribution in [2.24, 2.45) is 0 Å². The lowest BCUT2D eigenvalue weighted by molar-refractivity contribution is 0.379. The first-order chi connectivity index (χ1) is 15.5. The van der Waals surface area contributed by atoms with E-state index >= 15 is 0 Å². The van der Waals surface area contributed by atoms with Gasteiger partial charge >= 0.3 is 0 Å². The van der Waals surface area contributed by atoms with Gasteiger partial charge in [-0.25, -0.2) is 9.37 Å². The molecule has 3 aromatic heterocycles. The zero-order valence-electron chi connectivity index (χ0n) is 17.2. The van der Waals surface area contributed by atoms with Gasteiger partial charge in [0.25, 0.3) is 5.56 Å². The number of hydrogen-bond donors (Lipinski definition) is 0. The molecule has 0 bridgehead atoms. The number of aryl methyl sites for hydroxylation is 1. The average molecular weight is 448 g/mol. The molecule has 5 rings (SSSR count). The topological polar surface area (TPSA) is 86.9 Å². The van der Waals surface area contributed by atoms with Crippen molar-refractivity contribution >= 4 is 22.7 Å². The zero-order valence-corrected chi connectivity index (χ0v) is 18.0. The van der Waals surface area contributed by atoms with E-state index in [9.17, 15) is 9.18 Å². The highest BCUT2D eigenvalue weighted by atomic mass is 32.2. The van der Waals surface area contributed by atoms with Crippen LogP contribution in [0.5, 0.6) is 0 Å². The number of rotatable bonds is 5. The van der Waals surface area contributed by atoms with E-state index in [1.807, 2.05) is 13.0 Å². The summed E-state index contributed by atoms with van der Waals surface area (Å²) >= 11 is 1.27. The van der Waals surface area contributed by atoms with Crippen molar-refractivity contribution in [2.75, 3.05) is 0 Å². The van der Waals surface area contributed by atoms with Crippen LogP contribution in [0.4, 0.5) is 4.39 Å². The van der Waals surface area contributed by atoms with E-state index in [0.717, 1.165) is 0 Å². The summed E-state index contributed by atoms with van der Waals surface area (Å²) in [5.74, 6) is 0.784. The third kappa shape index (κ3) is 3.60. The van der Waals surface area contributed by atoms with Crippen molar-refractivity contribution in [1.82, 2.24) is 19.7 Å². The van der Waals surface area contributed by atoms with Crippen LogP contribution in [0.1, 0.15) is 23.6 Å². The quantitative estimate of drug-likeness (QED) is 0.265. The molecular weight excluding hydrogens is 431 g/mol. The highest BCUT2D eigenvalue weighted by Crippen LogP contribution is 2.35. The van der Waals surface area contributed by atoms with Gasteiger partial charge in [0.05, 0.1) is 28.1 Å². The highest BCUT2D eigenvalue weighted by Gasteiger charge is 2.22. The molecule has 0 radical (unpaired) electrons. The molecule has 0 aliphatic carbocycles. The third-order valence-corrected chi connectivity index (χ3v) is 6.01. The first-order valence-corrected chi connectivity index (χ1v) is 10.7. The number of furan rings is 1. The molecule has 5 aromatic rings. The van der Waals surface area contributed by atoms with Gasteiger partial charge in [0, 0.05) is 0 Å². The van der Waals surface area contributed by atoms with Crippen LogP contribution in [0.2, 0.25) is 0 Å². The summed E-state index contributed by atoms with van der Waals surface area (Å²) < 4.78 is 26.4. The maximum atomic E-state index is 14.3. The van der Waals surface area contributed by atoms with Gasteiger partial charge in [-0.15, -0.1) is 0 Å². The number of thioether (sulfide) groups is 1. The summed E-state index contributed by atoms with van der Waals surface area (Å²) in [6, 6.07) is 15.2. The van der Waals surface area contributed by atoms with Gasteiger partial charge in [-0.05, 0) is 55.8 Å². The first-order valence-electron chi connectivity index (χ1n) is 9.84. The van der Waals surface area contributed by atoms with Gasteiger partial charge in [-0.1, -0.05) is 35.1 Å². The number of aromatic nitrogens is 4. The molecule has 0 amide bonds. The second-order valence-corrected chi connectivity index (χ2v) is 8.49. The summed E-state index contributed by atoms with van der Waals surface area (Å²) in [7, 11) is 0. The number of nitrogens with zero attached hydrogens (tertiary/aromatic N) is 4. The SMILES string of the molecule is Cc1ccc(-n2c(SC(C)c3nc(-c4ccco4)no3)nc3ccccc3c2=O)cc1F. The van der Waals surface area contributed by atoms with Gasteiger partial charge in [-0.2, -0.15) is 4.98 Å². The van der Waals surface area contributed by atoms with Crippen LogP contribution in [-0.2, 0) is 0 Å². The fraction of sp³-hybridized carbons (Fsp3) is 0.130. The minimum Gasteiger partial charge on any atom is -0.461 e. The Morgan fingerprint density at radius 2 is 1.94 bits per heavy atom. The molecule has 9 heteroatoms. The van der Waals surface area contributed by atoms with Gasteiger partial charge in [-0.3, -0.25) is 9.36 Å². The van der Waals surface area contributed by atoms with E-state index in [2.05, 4.69) is 15.1 Å². The second kappa shape index (κ2) is 8.08. The van der Waals surface area contributed by atoms with Gasteiger partial charge in [0.2, 0.25) is 11.7 Å². The van der Waals surface area contributed by atoms with Crippen LogP contribution in [0.15, 0.2) is 79.8 Å². The lowest BCUT2D eigenvalue weighted by Gasteiger charge is -2.15. The molecule has 0 fully saturated rings. The molecule has 0 saturated carbocycles. The summed E-state index contributed by atoms with van der Waals surface area (Å²) in [5, 5.41) is 4.46. The fourth-order valence-corrected chi connectivity index (χ4v) is 4.21. The van der Waals surface area contributed by atoms with E-state index in [0.29, 0.717) is 44.8 Å². The van der Waals surface area contributed by atoms with Crippen molar-refractivity contribution in [1.29, 1.82) is 0 Å². The van der Waals surface area contributed by atoms with Crippen molar-refractivity contribution in [2.45, 2.75) is 24.3 Å². The van der Waals surface area contributed by atoms with Crippen LogP contribution in [0, 0.1) is 12.7 Å². The Balaban J connectivity index is 1.59. The average Bonchev–Trinajstić information content (AvgIpc) is 3.48. The monoisotopic (exact) mass is 448 g/mol. The summed E-state index contributed by atoms with van der Waals surface area (Å²) in [5.41, 5.74) is 1.16. The Labute approximate surface area is 185 Å². The molecule has 0 aliphatic heterocycles. The minimum atomic E-state index is -0.397. The Hall–Kier alpha value is -3.72. The van der Waals surface area contributed by atoms with E-state index < -0.39 is 5.82 Å². The second-order valence-electron chi connectivity index (χ2n) is 7.18. The summed E-state index contributed by atoms with van der Waals surface area (Å²) in [4.78, 5) is 22.4. The van der Waals surface area contributed by atoms with E-state index in [-0.39, 0.29) is 10.8 Å². The highest BCUT2D eigenvalue weighted by molar-refractivity contribution is 7.99. The smallest absolute Gasteiger partial charge is 0.266 e. The van der Waals surface area contributed by atoms with Gasteiger partial charge < -0.3 is 8.94 Å². The molecule has 3 heterocycles. The van der Waals surface area contributed by atoms with E-state index in [1.165, 1.54) is 28.7 Å². The van der Waals surface area contributed by atoms with E-state index in [1.54, 1.807) is 49.4 Å². The molecule has 0 aliphatic rings. The Bertz CT molecular complexity index is 1480. The van der Waals surface area contributed by atoms with Crippen LogP contribution < -0.4 is 5.56 Å². The molecule has 1 unspecified atom stereocenters. The predicted octanol–water partition coefficient (Wildman–Crippen LogP) is 5.33. The third-order valence-electron chi connectivity index (χ3n) is 4.97. The first kappa shape index (κ1) is 20.2. The van der Waals surface area contributed by atoms with Crippen molar-refractivity contribution < 1.29 is 13.3 Å². The molecule has 2 aromatic carbocycles. The molecule has 0 saturated heterocycles. The van der Waals surface area contributed by atoms with E-state index in [4.69, 9.17) is 8.94 Å². The normalized spacial score (nSPS) is 12.3. The van der Waals surface area contributed by atoms with Crippen LogP contribution in [0.3, 0.4) is 0 Å². The van der Waals surface area contributed by atoms with Gasteiger partial charge in [0.1, 0.15) is 5.82 Å². The number of fused-ring (bicyclic) bond motifs is 1. The Morgan fingerprint density at radius 1 is 1.09 bits per heavy atom. The standard InChI is InChI=1S/C23H17FN4O3S/c1-13-9-10-15(12-17(13)24)28-22(29)16-6-3-4-7-18(16)25-23(28)32-14(2)21-26-20(27-31-21)19-8-5-11-30-19/h3-12,14H,1-2H3. The molecule has 7 nitrogen and oxygen atoms in total. The van der Waals surface area contributed by atoms with Crippen LogP contribution in [-0.4, -0.2) is 19.7 Å². The Kier molecular flexibility index (Phi) is 5.10. The molecule has 0 spiro atoms. The number of hydrogen-bond acceptors (Lipinski definition) is 7. The lowest BCUT2D eigenvalue weighted by Crippen LogP contribution is -2.22. The van der Waals surface area contributed by atoms with Crippen molar-refractivity contribution in [3.8, 4) is 17.3 Å². The minimum absolute atomic E-state index is 0.282. The van der Waals surface area contributed by atoms with Gasteiger partial charge in [0.15, 0.2) is 10.9 Å². The predicted molar refractivity (Wildman–Crippen MR) is 118 cm³/mol. The fourth-order valence-electron chi connectivity index (χ4n) is 3.25. The van der Waals surface area contributed by atoms with Crippen LogP contribution >= 0.6 is 11.8 Å². The molecule has 32 heavy (non-hydrogen) atoms. The summed E-state index contributed by atoms with van der Waals surface area (Å²) in [6.45, 7) is 3.54. The molecule has 0 N–H and O–H groups in total. The van der Waals surface area contributed by atoms with Crippen molar-refractivity contribution in [3.63, 3.8) is 0 Å². The Morgan fingerprint density at radius 3 is 2.72 bits per heavy atom. The number of benzene rings is 2. The largest absolute Gasteiger partial charge is 0.461 e. The molecule has 1 atom stereocenters. The summed E-state index contributed by atoms with van der Waals surface area (Å²) in [6.07, 6.45) is 1.53. The maximum Gasteiger partial charge on any atom is 0.266 e. The zero-order chi connectivity index (χ0) is 22.2. The van der Waals surface area contributed by atoms with Crippen molar-refractivity contribution in [3.05, 3.63) is 88.5 Å². The number of para-hydroxylation sites is 1. The molecular formula is C23H17FN4O3S. The maximum absolute atomic E-state index is 14.3. The molecule has 160 valence electrons. The number of halogens is 1. The lowest BCUT2D eigenvalue weighted by atomic mass is 10.2. The van der Waals surface area contributed by atoms with Crippen LogP contribution in [0.25, 0.3) is 28.2 Å².